The van der Waals surface area contributed by atoms with E-state index >= 15 is 0 Å². The van der Waals surface area contributed by atoms with Crippen LogP contribution >= 0.6 is 0 Å². The van der Waals surface area contributed by atoms with Crippen LogP contribution < -0.4 is 11.3 Å². The van der Waals surface area contributed by atoms with Crippen molar-refractivity contribution in [3.63, 3.8) is 0 Å². The lowest BCUT2D eigenvalue weighted by Gasteiger charge is -2.21. The standard InChI is InChI=1S/C20H21FN4O3/c1-2-25(10-9-22)20(28)17-15(21)8-7-12(18(17)26)11-16-13-5-3-4-6-14(13)19(27)24-23-16/h3-8,26H,2,9-11,22H2,1H3,(H,24,27). The van der Waals surface area contributed by atoms with Crippen LogP contribution in [0, 0.1) is 5.82 Å². The molecule has 1 heterocycles. The molecule has 1 amide bonds. The van der Waals surface area contributed by atoms with Gasteiger partial charge in [-0.1, -0.05) is 24.3 Å². The van der Waals surface area contributed by atoms with Crippen molar-refractivity contribution in [1.82, 2.24) is 15.1 Å². The number of aromatic hydroxyl groups is 1. The predicted octanol–water partition coefficient (Wildman–Crippen LogP) is 1.78. The maximum atomic E-state index is 14.4. The zero-order chi connectivity index (χ0) is 20.3. The van der Waals surface area contributed by atoms with Crippen LogP contribution in [0.3, 0.4) is 0 Å². The van der Waals surface area contributed by atoms with Crippen LogP contribution in [0.4, 0.5) is 4.39 Å². The van der Waals surface area contributed by atoms with Gasteiger partial charge in [0, 0.05) is 37.0 Å². The van der Waals surface area contributed by atoms with Crippen LogP contribution in [-0.2, 0) is 6.42 Å². The molecular weight excluding hydrogens is 363 g/mol. The average Bonchev–Trinajstić information content (AvgIpc) is 2.70. The number of likely N-dealkylation sites (N-methyl/N-ethyl adjacent to an activating group) is 1. The Hall–Kier alpha value is -3.26. The lowest BCUT2D eigenvalue weighted by atomic mass is 10.0. The number of hydrogen-bond acceptors (Lipinski definition) is 5. The third-order valence-corrected chi connectivity index (χ3v) is 4.63. The molecule has 0 saturated carbocycles. The highest BCUT2D eigenvalue weighted by Gasteiger charge is 2.24. The van der Waals surface area contributed by atoms with Crippen LogP contribution in [0.2, 0.25) is 0 Å². The van der Waals surface area contributed by atoms with Crippen molar-refractivity contribution in [2.75, 3.05) is 19.6 Å². The van der Waals surface area contributed by atoms with Gasteiger partial charge < -0.3 is 15.7 Å². The number of H-pyrrole nitrogens is 1. The van der Waals surface area contributed by atoms with E-state index in [-0.39, 0.29) is 30.6 Å². The van der Waals surface area contributed by atoms with Gasteiger partial charge in [-0.15, -0.1) is 0 Å². The summed E-state index contributed by atoms with van der Waals surface area (Å²) in [5.41, 5.74) is 5.63. The zero-order valence-electron chi connectivity index (χ0n) is 15.4. The molecule has 0 aliphatic heterocycles. The number of nitrogens with one attached hydrogen (secondary N) is 1. The Labute approximate surface area is 160 Å². The van der Waals surface area contributed by atoms with E-state index < -0.39 is 17.5 Å². The third-order valence-electron chi connectivity index (χ3n) is 4.63. The van der Waals surface area contributed by atoms with Crippen molar-refractivity contribution in [2.24, 2.45) is 5.73 Å². The summed E-state index contributed by atoms with van der Waals surface area (Å²) in [6.07, 6.45) is 0.118. The molecule has 4 N–H and O–H groups in total. The number of nitrogens with zero attached hydrogens (tertiary/aromatic N) is 2. The summed E-state index contributed by atoms with van der Waals surface area (Å²) in [4.78, 5) is 26.0. The fraction of sp³-hybridized carbons (Fsp3) is 0.250. The highest BCUT2D eigenvalue weighted by atomic mass is 19.1. The molecular formula is C20H21FN4O3. The molecule has 0 unspecified atom stereocenters. The molecule has 2 aromatic carbocycles. The number of aromatic amines is 1. The SMILES string of the molecule is CCN(CCN)C(=O)c1c(F)ccc(Cc2n[nH]c(=O)c3ccccc23)c1O. The Morgan fingerprint density at radius 3 is 2.64 bits per heavy atom. The number of carbonyl (C=O) groups excluding carboxylic acids is 1. The molecule has 0 bridgehead atoms. The van der Waals surface area contributed by atoms with Gasteiger partial charge >= 0.3 is 0 Å². The number of aromatic nitrogens is 2. The van der Waals surface area contributed by atoms with Crippen molar-refractivity contribution < 1.29 is 14.3 Å². The summed E-state index contributed by atoms with van der Waals surface area (Å²) in [7, 11) is 0. The van der Waals surface area contributed by atoms with Crippen molar-refractivity contribution in [3.8, 4) is 5.75 Å². The number of halogens is 1. The Morgan fingerprint density at radius 2 is 1.96 bits per heavy atom. The smallest absolute Gasteiger partial charge is 0.272 e. The molecule has 3 rings (SSSR count). The van der Waals surface area contributed by atoms with E-state index in [1.807, 2.05) is 0 Å². The van der Waals surface area contributed by atoms with Crippen LogP contribution in [0.1, 0.15) is 28.5 Å². The summed E-state index contributed by atoms with van der Waals surface area (Å²) < 4.78 is 14.4. The number of amides is 1. The number of phenols is 1. The first kappa shape index (κ1) is 19.5. The second-order valence-electron chi connectivity index (χ2n) is 6.33. The molecule has 0 spiro atoms. The molecule has 7 nitrogen and oxygen atoms in total. The fourth-order valence-electron chi connectivity index (χ4n) is 3.16. The topological polar surface area (TPSA) is 112 Å². The van der Waals surface area contributed by atoms with E-state index in [9.17, 15) is 19.1 Å². The number of rotatable bonds is 6. The van der Waals surface area contributed by atoms with Gasteiger partial charge in [0.2, 0.25) is 0 Å². The molecule has 146 valence electrons. The van der Waals surface area contributed by atoms with Crippen LogP contribution in [-0.4, -0.2) is 45.7 Å². The van der Waals surface area contributed by atoms with E-state index in [0.717, 1.165) is 6.07 Å². The molecule has 0 saturated heterocycles. The maximum Gasteiger partial charge on any atom is 0.272 e. The summed E-state index contributed by atoms with van der Waals surface area (Å²) in [5.74, 6) is -1.86. The number of hydrogen-bond donors (Lipinski definition) is 3. The Morgan fingerprint density at radius 1 is 1.25 bits per heavy atom. The summed E-state index contributed by atoms with van der Waals surface area (Å²) in [6.45, 7) is 2.58. The van der Waals surface area contributed by atoms with Gasteiger partial charge in [0.1, 0.15) is 17.1 Å². The Kier molecular flexibility index (Phi) is 5.70. The first-order chi connectivity index (χ1) is 13.5. The zero-order valence-corrected chi connectivity index (χ0v) is 15.4. The van der Waals surface area contributed by atoms with E-state index in [1.165, 1.54) is 11.0 Å². The van der Waals surface area contributed by atoms with Crippen molar-refractivity contribution in [1.29, 1.82) is 0 Å². The normalized spacial score (nSPS) is 11.0. The number of fused-ring (bicyclic) bond motifs is 1. The van der Waals surface area contributed by atoms with Gasteiger partial charge in [0.05, 0.1) is 11.1 Å². The van der Waals surface area contributed by atoms with Gasteiger partial charge in [-0.25, -0.2) is 9.49 Å². The molecule has 3 aromatic rings. The Balaban J connectivity index is 2.05. The molecule has 0 radical (unpaired) electrons. The third kappa shape index (κ3) is 3.59. The molecule has 0 aliphatic rings. The fourth-order valence-corrected chi connectivity index (χ4v) is 3.16. The molecule has 28 heavy (non-hydrogen) atoms. The molecule has 0 fully saturated rings. The number of carbonyl (C=O) groups is 1. The van der Waals surface area contributed by atoms with Gasteiger partial charge in [0.25, 0.3) is 11.5 Å². The van der Waals surface area contributed by atoms with Gasteiger partial charge in [-0.2, -0.15) is 5.10 Å². The largest absolute Gasteiger partial charge is 0.507 e. The second kappa shape index (κ2) is 8.18. The van der Waals surface area contributed by atoms with Crippen molar-refractivity contribution in [3.05, 3.63) is 69.4 Å². The highest BCUT2D eigenvalue weighted by molar-refractivity contribution is 5.97. The van der Waals surface area contributed by atoms with Gasteiger partial charge in [0.15, 0.2) is 0 Å². The molecule has 0 aliphatic carbocycles. The summed E-state index contributed by atoms with van der Waals surface area (Å²) in [6, 6.07) is 9.49. The van der Waals surface area contributed by atoms with Crippen LogP contribution in [0.25, 0.3) is 10.8 Å². The van der Waals surface area contributed by atoms with E-state index in [2.05, 4.69) is 10.2 Å². The second-order valence-corrected chi connectivity index (χ2v) is 6.33. The highest BCUT2D eigenvalue weighted by Crippen LogP contribution is 2.29. The van der Waals surface area contributed by atoms with Gasteiger partial charge in [-0.05, 0) is 19.1 Å². The Bertz CT molecular complexity index is 1080. The number of benzene rings is 2. The predicted molar refractivity (Wildman–Crippen MR) is 104 cm³/mol. The minimum Gasteiger partial charge on any atom is -0.507 e. The minimum absolute atomic E-state index is 0.118. The first-order valence-electron chi connectivity index (χ1n) is 8.93. The summed E-state index contributed by atoms with van der Waals surface area (Å²) >= 11 is 0. The van der Waals surface area contributed by atoms with Gasteiger partial charge in [-0.3, -0.25) is 9.59 Å². The lowest BCUT2D eigenvalue weighted by molar-refractivity contribution is 0.0761. The molecule has 8 heteroatoms. The number of phenolic OH excluding ortho intramolecular Hbond substituents is 1. The van der Waals surface area contributed by atoms with E-state index in [0.29, 0.717) is 28.6 Å². The average molecular weight is 384 g/mol. The molecule has 0 atom stereocenters. The van der Waals surface area contributed by atoms with Crippen LogP contribution in [0.15, 0.2) is 41.2 Å². The van der Waals surface area contributed by atoms with Crippen molar-refractivity contribution >= 4 is 16.7 Å². The number of nitrogens with two attached hydrogens (primary N) is 1. The monoisotopic (exact) mass is 384 g/mol. The van der Waals surface area contributed by atoms with E-state index in [4.69, 9.17) is 5.73 Å². The lowest BCUT2D eigenvalue weighted by Crippen LogP contribution is -2.35. The van der Waals surface area contributed by atoms with E-state index in [1.54, 1.807) is 31.2 Å². The van der Waals surface area contributed by atoms with Crippen molar-refractivity contribution in [2.45, 2.75) is 13.3 Å². The first-order valence-corrected chi connectivity index (χ1v) is 8.93. The minimum atomic E-state index is -0.805. The quantitative estimate of drug-likeness (QED) is 0.600. The van der Waals surface area contributed by atoms with Crippen LogP contribution in [0.5, 0.6) is 5.75 Å². The summed E-state index contributed by atoms with van der Waals surface area (Å²) in [5, 5.41) is 18.2. The molecule has 1 aromatic heterocycles. The maximum absolute atomic E-state index is 14.4.